The number of carbonyl (C=O) groups is 6. The second-order valence-corrected chi connectivity index (χ2v) is 14.4. The van der Waals surface area contributed by atoms with Crippen LogP contribution in [0.1, 0.15) is 80.2 Å². The Morgan fingerprint density at radius 2 is 1.22 bits per heavy atom. The summed E-state index contributed by atoms with van der Waals surface area (Å²) < 4.78 is 11.1. The van der Waals surface area contributed by atoms with Crippen LogP contribution in [0.15, 0.2) is 30.3 Å². The Bertz CT molecular complexity index is 1280. The lowest BCUT2D eigenvalue weighted by atomic mass is 9.97. The molecule has 1 aromatic rings. The van der Waals surface area contributed by atoms with Gasteiger partial charge in [-0.2, -0.15) is 0 Å². The van der Waals surface area contributed by atoms with Gasteiger partial charge in [0.15, 0.2) is 12.1 Å². The van der Waals surface area contributed by atoms with E-state index in [1.165, 1.54) is 11.9 Å². The van der Waals surface area contributed by atoms with E-state index < -0.39 is 84.5 Å². The zero-order chi connectivity index (χ0) is 37.0. The number of carbonyl (C=O) groups excluding carboxylic acids is 6. The number of aliphatic hydroxyl groups is 1. The highest BCUT2D eigenvalue weighted by Crippen LogP contribution is 2.19. The van der Waals surface area contributed by atoms with Gasteiger partial charge in [-0.1, -0.05) is 85.7 Å². The van der Waals surface area contributed by atoms with Crippen molar-refractivity contribution in [3.8, 4) is 0 Å². The molecular formula is C36H56N4O9. The number of rotatable bonds is 10. The largest absolute Gasteiger partial charge is 0.450 e. The fourth-order valence-corrected chi connectivity index (χ4v) is 5.53. The van der Waals surface area contributed by atoms with E-state index in [-0.39, 0.29) is 43.4 Å². The summed E-state index contributed by atoms with van der Waals surface area (Å²) in [4.78, 5) is 83.6. The minimum Gasteiger partial charge on any atom is -0.450 e. The molecule has 0 spiro atoms. The first-order valence-electron chi connectivity index (χ1n) is 17.2. The molecule has 1 fully saturated rings. The van der Waals surface area contributed by atoms with E-state index in [0.29, 0.717) is 0 Å². The van der Waals surface area contributed by atoms with Gasteiger partial charge in [0.1, 0.15) is 18.1 Å². The van der Waals surface area contributed by atoms with Crippen LogP contribution < -0.4 is 16.0 Å². The second kappa shape index (κ2) is 19.3. The van der Waals surface area contributed by atoms with Gasteiger partial charge in [-0.05, 0) is 42.6 Å². The number of benzene rings is 1. The maximum absolute atomic E-state index is 14.3. The number of esters is 2. The van der Waals surface area contributed by atoms with Gasteiger partial charge in [0.25, 0.3) is 5.91 Å². The quantitative estimate of drug-likeness (QED) is 0.268. The Morgan fingerprint density at radius 1 is 0.673 bits per heavy atom. The van der Waals surface area contributed by atoms with Gasteiger partial charge in [0.05, 0.1) is 6.61 Å². The topological polar surface area (TPSA) is 180 Å². The Labute approximate surface area is 290 Å². The van der Waals surface area contributed by atoms with Crippen LogP contribution in [0.4, 0.5) is 0 Å². The van der Waals surface area contributed by atoms with Gasteiger partial charge in [-0.15, -0.1) is 0 Å². The summed E-state index contributed by atoms with van der Waals surface area (Å²) >= 11 is 0. The molecule has 0 bridgehead atoms. The molecule has 1 saturated heterocycles. The molecule has 0 radical (unpaired) electrons. The molecule has 2 rings (SSSR count). The Morgan fingerprint density at radius 3 is 1.76 bits per heavy atom. The predicted octanol–water partition coefficient (Wildman–Crippen LogP) is 2.13. The van der Waals surface area contributed by atoms with Crippen LogP contribution in [0.25, 0.3) is 0 Å². The number of hydrogen-bond donors (Lipinski definition) is 4. The van der Waals surface area contributed by atoms with Crippen molar-refractivity contribution in [2.75, 3.05) is 13.7 Å². The molecule has 1 aromatic carbocycles. The molecule has 49 heavy (non-hydrogen) atoms. The number of hydrogen-bond acceptors (Lipinski definition) is 9. The fourth-order valence-electron chi connectivity index (χ4n) is 5.53. The molecule has 0 saturated carbocycles. The maximum Gasteiger partial charge on any atom is 0.348 e. The molecular weight excluding hydrogens is 632 g/mol. The molecule has 274 valence electrons. The molecule has 1 aliphatic heterocycles. The Balaban J connectivity index is 2.70. The van der Waals surface area contributed by atoms with Gasteiger partial charge in [-0.25, -0.2) is 9.59 Å². The van der Waals surface area contributed by atoms with Crippen LogP contribution in [-0.2, 0) is 44.7 Å². The molecule has 0 unspecified atom stereocenters. The van der Waals surface area contributed by atoms with Crippen molar-refractivity contribution in [1.29, 1.82) is 0 Å². The lowest BCUT2D eigenvalue weighted by Gasteiger charge is -2.34. The fraction of sp³-hybridized carbons (Fsp3) is 0.667. The molecule has 1 heterocycles. The number of aliphatic hydroxyl groups excluding tert-OH is 1. The Hall–Kier alpha value is -4.00. The van der Waals surface area contributed by atoms with E-state index in [0.717, 1.165) is 5.56 Å². The molecule has 4 N–H and O–H groups in total. The van der Waals surface area contributed by atoms with Crippen LogP contribution in [0, 0.1) is 23.7 Å². The summed E-state index contributed by atoms with van der Waals surface area (Å²) in [7, 11) is 1.48. The van der Waals surface area contributed by atoms with Crippen molar-refractivity contribution in [3.05, 3.63) is 35.9 Å². The minimum absolute atomic E-state index is 0.0410. The van der Waals surface area contributed by atoms with E-state index in [1.54, 1.807) is 26.0 Å². The third kappa shape index (κ3) is 12.8. The lowest BCUT2D eigenvalue weighted by Crippen LogP contribution is -2.60. The van der Waals surface area contributed by atoms with Crippen LogP contribution >= 0.6 is 0 Å². The average Bonchev–Trinajstić information content (AvgIpc) is 3.02. The molecule has 13 nitrogen and oxygen atoms in total. The monoisotopic (exact) mass is 688 g/mol. The van der Waals surface area contributed by atoms with Gasteiger partial charge in [-0.3, -0.25) is 19.2 Å². The third-order valence-electron chi connectivity index (χ3n) is 8.15. The molecule has 13 heteroatoms. The number of cyclic esters (lactones) is 2. The van der Waals surface area contributed by atoms with E-state index in [1.807, 2.05) is 59.7 Å². The molecule has 0 aliphatic carbocycles. The molecule has 6 atom stereocenters. The number of nitrogens with one attached hydrogen (secondary N) is 3. The SMILES string of the molecule is CC(C)C[C@@H]1NC(=O)[C@H](CC(C)C)N(C)C(=O)[C@H](Cc2ccccc2)NC(=O)[C@H](CC(C)C)OC(=O)[C@H](C(C)C)OC(=O)[C@H](CO)NC1=O. The highest BCUT2D eigenvalue weighted by atomic mass is 16.6. The lowest BCUT2D eigenvalue weighted by molar-refractivity contribution is -0.178. The summed E-state index contributed by atoms with van der Waals surface area (Å²) in [6, 6.07) is 4.19. The molecule has 0 aromatic heterocycles. The van der Waals surface area contributed by atoms with Crippen molar-refractivity contribution < 1.29 is 43.3 Å². The minimum atomic E-state index is -1.56. The first-order valence-corrected chi connectivity index (χ1v) is 17.2. The second-order valence-electron chi connectivity index (χ2n) is 14.4. The summed E-state index contributed by atoms with van der Waals surface area (Å²) in [5.74, 6) is -5.50. The van der Waals surface area contributed by atoms with Gasteiger partial charge < -0.3 is 35.4 Å². The molecule has 1 aliphatic rings. The zero-order valence-corrected chi connectivity index (χ0v) is 30.4. The first kappa shape index (κ1) is 41.2. The summed E-state index contributed by atoms with van der Waals surface area (Å²) in [6.45, 7) is 13.5. The maximum atomic E-state index is 14.3. The van der Waals surface area contributed by atoms with Crippen molar-refractivity contribution in [2.45, 2.75) is 117 Å². The van der Waals surface area contributed by atoms with Gasteiger partial charge >= 0.3 is 11.9 Å². The van der Waals surface area contributed by atoms with Crippen LogP contribution in [-0.4, -0.2) is 95.6 Å². The summed E-state index contributed by atoms with van der Waals surface area (Å²) in [5.41, 5.74) is 0.748. The standard InChI is InChI=1S/C36H56N4O9/c1-20(2)15-25-31(42)39-27(19-41)35(46)49-30(23(7)8)36(47)48-29(17-22(5)6)33(44)38-26(18-24-13-11-10-12-14-24)34(45)40(9)28(16-21(3)4)32(43)37-25/h10-14,20-23,25-30,41H,15-19H2,1-9H3,(H,37,43)(H,38,44)(H,39,42)/t25-,26-,27-,28-,29-,30-/m0/s1. The van der Waals surface area contributed by atoms with Crippen LogP contribution in [0.5, 0.6) is 0 Å². The highest BCUT2D eigenvalue weighted by Gasteiger charge is 2.39. The van der Waals surface area contributed by atoms with Crippen molar-refractivity contribution in [2.24, 2.45) is 23.7 Å². The van der Waals surface area contributed by atoms with E-state index in [4.69, 9.17) is 9.47 Å². The zero-order valence-electron chi connectivity index (χ0n) is 30.4. The third-order valence-corrected chi connectivity index (χ3v) is 8.15. The number of nitrogens with zero attached hydrogens (tertiary/aromatic N) is 1. The van der Waals surface area contributed by atoms with Crippen molar-refractivity contribution in [3.63, 3.8) is 0 Å². The number of ether oxygens (including phenoxy) is 2. The Kier molecular flexibility index (Phi) is 16.2. The highest BCUT2D eigenvalue weighted by molar-refractivity contribution is 5.96. The van der Waals surface area contributed by atoms with Crippen molar-refractivity contribution >= 4 is 35.6 Å². The van der Waals surface area contributed by atoms with E-state index >= 15 is 0 Å². The van der Waals surface area contributed by atoms with Crippen molar-refractivity contribution in [1.82, 2.24) is 20.9 Å². The predicted molar refractivity (Wildman–Crippen MR) is 183 cm³/mol. The summed E-state index contributed by atoms with van der Waals surface area (Å²) in [5, 5.41) is 18.0. The van der Waals surface area contributed by atoms with Crippen LogP contribution in [0.3, 0.4) is 0 Å². The van der Waals surface area contributed by atoms with E-state index in [2.05, 4.69) is 16.0 Å². The number of likely N-dealkylation sites (N-methyl/N-ethyl adjacent to an activating group) is 1. The summed E-state index contributed by atoms with van der Waals surface area (Å²) in [6.07, 6.45) is -2.21. The van der Waals surface area contributed by atoms with E-state index in [9.17, 15) is 33.9 Å². The van der Waals surface area contributed by atoms with Gasteiger partial charge in [0, 0.05) is 19.4 Å². The van der Waals surface area contributed by atoms with Crippen LogP contribution in [0.2, 0.25) is 0 Å². The average molecular weight is 689 g/mol. The number of amides is 4. The first-order chi connectivity index (χ1) is 22.9. The molecule has 4 amide bonds. The normalized spacial score (nSPS) is 25.5. The smallest absolute Gasteiger partial charge is 0.348 e. The van der Waals surface area contributed by atoms with Gasteiger partial charge in [0.2, 0.25) is 23.8 Å².